The summed E-state index contributed by atoms with van der Waals surface area (Å²) in [6.45, 7) is 4.28. The first-order valence-corrected chi connectivity index (χ1v) is 7.77. The zero-order valence-corrected chi connectivity index (χ0v) is 13.1. The van der Waals surface area contributed by atoms with Gasteiger partial charge in [-0.05, 0) is 31.0 Å². The highest BCUT2D eigenvalue weighted by atomic mass is 79.9. The van der Waals surface area contributed by atoms with Crippen LogP contribution in [0.2, 0.25) is 0 Å². The maximum absolute atomic E-state index is 12.7. The van der Waals surface area contributed by atoms with Gasteiger partial charge in [0, 0.05) is 33.1 Å². The first kappa shape index (κ1) is 14.3. The fourth-order valence-electron chi connectivity index (χ4n) is 2.62. The smallest absolute Gasteiger partial charge is 0.168 e. The first-order valence-electron chi connectivity index (χ1n) is 6.98. The maximum Gasteiger partial charge on any atom is 0.168 e. The van der Waals surface area contributed by atoms with E-state index in [0.717, 1.165) is 46.6 Å². The van der Waals surface area contributed by atoms with E-state index < -0.39 is 0 Å². The molecule has 19 heavy (non-hydrogen) atoms. The highest BCUT2D eigenvalue weighted by Crippen LogP contribution is 2.27. The maximum atomic E-state index is 12.7. The summed E-state index contributed by atoms with van der Waals surface area (Å²) in [7, 11) is 0. The number of hydrogen-bond acceptors (Lipinski definition) is 1. The van der Waals surface area contributed by atoms with Gasteiger partial charge in [-0.3, -0.25) is 4.79 Å². The molecule has 0 saturated carbocycles. The minimum atomic E-state index is 0.160. The third-order valence-corrected chi connectivity index (χ3v) is 4.05. The second-order valence-corrected chi connectivity index (χ2v) is 5.95. The van der Waals surface area contributed by atoms with Crippen LogP contribution in [0.4, 0.5) is 0 Å². The molecule has 1 aromatic heterocycles. The molecular weight excluding hydrogens is 302 g/mol. The van der Waals surface area contributed by atoms with Crippen molar-refractivity contribution in [3.8, 4) is 0 Å². The predicted molar refractivity (Wildman–Crippen MR) is 83.6 cm³/mol. The van der Waals surface area contributed by atoms with E-state index in [2.05, 4.69) is 34.8 Å². The van der Waals surface area contributed by atoms with Crippen molar-refractivity contribution in [2.75, 3.05) is 0 Å². The Morgan fingerprint density at radius 3 is 2.58 bits per heavy atom. The van der Waals surface area contributed by atoms with Crippen LogP contribution in [0.1, 0.15) is 49.9 Å². The Morgan fingerprint density at radius 1 is 1.26 bits per heavy atom. The van der Waals surface area contributed by atoms with E-state index in [1.54, 1.807) is 0 Å². The summed E-state index contributed by atoms with van der Waals surface area (Å²) in [5.74, 6) is 0.445. The number of carbonyl (C=O) groups excluding carboxylic acids is 1. The number of benzene rings is 1. The Labute approximate surface area is 122 Å². The number of fused-ring (bicyclic) bond motifs is 1. The molecule has 0 aliphatic carbocycles. The minimum Gasteiger partial charge on any atom is -0.360 e. The van der Waals surface area contributed by atoms with Crippen LogP contribution in [-0.4, -0.2) is 10.8 Å². The number of aromatic nitrogens is 1. The lowest BCUT2D eigenvalue weighted by molar-refractivity contribution is 0.0906. The van der Waals surface area contributed by atoms with Crippen LogP contribution < -0.4 is 0 Å². The van der Waals surface area contributed by atoms with E-state index in [-0.39, 0.29) is 11.7 Å². The standard InChI is InChI=1S/C16H20BrNO/c1-3-5-11(6-4-2)16(19)14-10-18-15-8-7-12(17)9-13(14)15/h7-11,18H,3-6H2,1-2H3. The summed E-state index contributed by atoms with van der Waals surface area (Å²) >= 11 is 3.47. The summed E-state index contributed by atoms with van der Waals surface area (Å²) in [5.41, 5.74) is 1.86. The molecule has 3 heteroatoms. The van der Waals surface area contributed by atoms with Gasteiger partial charge in [-0.15, -0.1) is 0 Å². The van der Waals surface area contributed by atoms with Crippen LogP contribution >= 0.6 is 15.9 Å². The molecule has 0 fully saturated rings. The lowest BCUT2D eigenvalue weighted by Gasteiger charge is -2.13. The van der Waals surface area contributed by atoms with Gasteiger partial charge in [0.2, 0.25) is 0 Å². The number of nitrogens with one attached hydrogen (secondary N) is 1. The molecule has 1 N–H and O–H groups in total. The minimum absolute atomic E-state index is 0.160. The molecular formula is C16H20BrNO. The molecule has 0 unspecified atom stereocenters. The van der Waals surface area contributed by atoms with Crippen molar-refractivity contribution in [3.63, 3.8) is 0 Å². The molecule has 0 aliphatic heterocycles. The van der Waals surface area contributed by atoms with E-state index in [1.807, 2.05) is 24.4 Å². The van der Waals surface area contributed by atoms with E-state index in [1.165, 1.54) is 0 Å². The second-order valence-electron chi connectivity index (χ2n) is 5.03. The molecule has 2 nitrogen and oxygen atoms in total. The summed E-state index contributed by atoms with van der Waals surface area (Å²) in [6, 6.07) is 6.02. The van der Waals surface area contributed by atoms with Crippen molar-refractivity contribution in [2.45, 2.75) is 39.5 Å². The summed E-state index contributed by atoms with van der Waals surface area (Å²) < 4.78 is 1.01. The van der Waals surface area contributed by atoms with Gasteiger partial charge in [0.1, 0.15) is 0 Å². The zero-order chi connectivity index (χ0) is 13.8. The second kappa shape index (κ2) is 6.38. The topological polar surface area (TPSA) is 32.9 Å². The van der Waals surface area contributed by atoms with E-state index in [9.17, 15) is 4.79 Å². The molecule has 2 aromatic rings. The third kappa shape index (κ3) is 3.08. The molecule has 0 bridgehead atoms. The van der Waals surface area contributed by atoms with Crippen molar-refractivity contribution in [1.29, 1.82) is 0 Å². The van der Waals surface area contributed by atoms with Crippen LogP contribution in [0.5, 0.6) is 0 Å². The van der Waals surface area contributed by atoms with E-state index in [4.69, 9.17) is 0 Å². The van der Waals surface area contributed by atoms with Crippen LogP contribution in [0.15, 0.2) is 28.9 Å². The Balaban J connectivity index is 2.36. The normalized spacial score (nSPS) is 11.4. The van der Waals surface area contributed by atoms with Crippen LogP contribution in [-0.2, 0) is 0 Å². The van der Waals surface area contributed by atoms with Crippen molar-refractivity contribution in [1.82, 2.24) is 4.98 Å². The zero-order valence-electron chi connectivity index (χ0n) is 11.5. The number of carbonyl (C=O) groups is 1. The van der Waals surface area contributed by atoms with Crippen LogP contribution in [0, 0.1) is 5.92 Å². The molecule has 1 heterocycles. The molecule has 0 aliphatic rings. The van der Waals surface area contributed by atoms with Crippen molar-refractivity contribution >= 4 is 32.6 Å². The SMILES string of the molecule is CCCC(CCC)C(=O)c1c[nH]c2ccc(Br)cc12. The fraction of sp³-hybridized carbons (Fsp3) is 0.438. The van der Waals surface area contributed by atoms with Crippen LogP contribution in [0.25, 0.3) is 10.9 Å². The van der Waals surface area contributed by atoms with Crippen LogP contribution in [0.3, 0.4) is 0 Å². The first-order chi connectivity index (χ1) is 9.17. The fourth-order valence-corrected chi connectivity index (χ4v) is 2.98. The van der Waals surface area contributed by atoms with Crippen molar-refractivity contribution in [2.24, 2.45) is 5.92 Å². The molecule has 0 atom stereocenters. The van der Waals surface area contributed by atoms with E-state index >= 15 is 0 Å². The number of H-pyrrole nitrogens is 1. The number of rotatable bonds is 6. The summed E-state index contributed by atoms with van der Waals surface area (Å²) in [6.07, 6.45) is 5.93. The Bertz CT molecular complexity index is 567. The molecule has 0 spiro atoms. The summed E-state index contributed by atoms with van der Waals surface area (Å²) in [5, 5.41) is 1.02. The molecule has 102 valence electrons. The third-order valence-electron chi connectivity index (χ3n) is 3.55. The van der Waals surface area contributed by atoms with E-state index in [0.29, 0.717) is 0 Å². The number of aromatic amines is 1. The van der Waals surface area contributed by atoms with Crippen molar-refractivity contribution < 1.29 is 4.79 Å². The quantitative estimate of drug-likeness (QED) is 0.716. The molecule has 0 saturated heterocycles. The predicted octanol–water partition coefficient (Wildman–Crippen LogP) is 5.33. The lowest BCUT2D eigenvalue weighted by atomic mass is 9.90. The highest BCUT2D eigenvalue weighted by Gasteiger charge is 2.21. The van der Waals surface area contributed by atoms with Gasteiger partial charge in [-0.1, -0.05) is 42.6 Å². The Morgan fingerprint density at radius 2 is 1.95 bits per heavy atom. The summed E-state index contributed by atoms with van der Waals surface area (Å²) in [4.78, 5) is 15.9. The van der Waals surface area contributed by atoms with Gasteiger partial charge in [-0.2, -0.15) is 0 Å². The largest absolute Gasteiger partial charge is 0.360 e. The molecule has 1 aromatic carbocycles. The monoisotopic (exact) mass is 321 g/mol. The van der Waals surface area contributed by atoms with Gasteiger partial charge in [0.15, 0.2) is 5.78 Å². The number of halogens is 1. The number of hydrogen-bond donors (Lipinski definition) is 1. The van der Waals surface area contributed by atoms with Gasteiger partial charge < -0.3 is 4.98 Å². The Kier molecular flexibility index (Phi) is 4.81. The molecule has 0 radical (unpaired) electrons. The van der Waals surface area contributed by atoms with Crippen molar-refractivity contribution in [3.05, 3.63) is 34.4 Å². The van der Waals surface area contributed by atoms with Gasteiger partial charge in [0.25, 0.3) is 0 Å². The lowest BCUT2D eigenvalue weighted by Crippen LogP contribution is -2.14. The Hall–Kier alpha value is -1.09. The van der Waals surface area contributed by atoms with Gasteiger partial charge in [-0.25, -0.2) is 0 Å². The molecule has 2 rings (SSSR count). The average Bonchev–Trinajstić information content (AvgIpc) is 2.80. The van der Waals surface area contributed by atoms with Gasteiger partial charge in [0.05, 0.1) is 0 Å². The number of ketones is 1. The molecule has 0 amide bonds. The average molecular weight is 322 g/mol. The van der Waals surface area contributed by atoms with Gasteiger partial charge >= 0.3 is 0 Å². The number of Topliss-reactive ketones (excluding diaryl/α,β-unsaturated/α-hetero) is 1. The highest BCUT2D eigenvalue weighted by molar-refractivity contribution is 9.10.